The van der Waals surface area contributed by atoms with Crippen molar-refractivity contribution in [2.45, 2.75) is 39.8 Å². The number of hydrogen-bond donors (Lipinski definition) is 0. The molecule has 0 aromatic carbocycles. The summed E-state index contributed by atoms with van der Waals surface area (Å²) in [4.78, 5) is 29.0. The van der Waals surface area contributed by atoms with Crippen LogP contribution in [0.2, 0.25) is 5.15 Å². The summed E-state index contributed by atoms with van der Waals surface area (Å²) in [5.74, 6) is -0.264. The molecule has 0 spiro atoms. The number of pyridine rings is 1. The average Bonchev–Trinajstić information content (AvgIpc) is 2.27. The fourth-order valence-corrected chi connectivity index (χ4v) is 2.20. The van der Waals surface area contributed by atoms with Crippen molar-refractivity contribution in [2.24, 2.45) is 0 Å². The number of carbonyl (C=O) groups is 2. The van der Waals surface area contributed by atoms with E-state index in [1.807, 2.05) is 27.7 Å². The molecule has 0 aliphatic rings. The lowest BCUT2D eigenvalue weighted by molar-refractivity contribution is 0.0641. The Hall–Kier alpha value is -1.42. The SMILES string of the molecule is CC(C)N(C(=O)c1c(C=O)ccnc1Cl)C(C)C. The number of nitrogens with zero attached hydrogens (tertiary/aromatic N) is 2. The fraction of sp³-hybridized carbons (Fsp3) is 0.462. The van der Waals surface area contributed by atoms with Crippen LogP contribution in [-0.4, -0.2) is 34.2 Å². The third kappa shape index (κ3) is 2.88. The van der Waals surface area contributed by atoms with Gasteiger partial charge in [-0.15, -0.1) is 0 Å². The Morgan fingerprint density at radius 1 is 1.33 bits per heavy atom. The second-order valence-electron chi connectivity index (χ2n) is 4.58. The summed E-state index contributed by atoms with van der Waals surface area (Å²) in [5, 5.41) is 0.0656. The van der Waals surface area contributed by atoms with Crippen molar-refractivity contribution in [3.8, 4) is 0 Å². The van der Waals surface area contributed by atoms with E-state index in [1.165, 1.54) is 12.3 Å². The Balaban J connectivity index is 3.29. The number of amides is 1. The molecule has 0 N–H and O–H groups in total. The minimum Gasteiger partial charge on any atom is -0.334 e. The van der Waals surface area contributed by atoms with Crippen molar-refractivity contribution in [2.75, 3.05) is 0 Å². The van der Waals surface area contributed by atoms with Crippen LogP contribution in [0.5, 0.6) is 0 Å². The standard InChI is InChI=1S/C13H17ClN2O2/c1-8(2)16(9(3)4)13(18)11-10(7-17)5-6-15-12(11)14/h5-9H,1-4H3. The highest BCUT2D eigenvalue weighted by atomic mass is 35.5. The Morgan fingerprint density at radius 3 is 2.33 bits per heavy atom. The first-order valence-electron chi connectivity index (χ1n) is 5.82. The number of aldehydes is 1. The molecule has 1 heterocycles. The van der Waals surface area contributed by atoms with Gasteiger partial charge in [0.15, 0.2) is 6.29 Å². The number of carbonyl (C=O) groups excluding carboxylic acids is 2. The number of aromatic nitrogens is 1. The van der Waals surface area contributed by atoms with Gasteiger partial charge in [0, 0.05) is 23.8 Å². The predicted molar refractivity (Wildman–Crippen MR) is 71.1 cm³/mol. The molecule has 1 amide bonds. The van der Waals surface area contributed by atoms with Crippen LogP contribution in [-0.2, 0) is 0 Å². The van der Waals surface area contributed by atoms with Crippen LogP contribution in [0.1, 0.15) is 48.4 Å². The summed E-state index contributed by atoms with van der Waals surface area (Å²) in [6.45, 7) is 7.68. The highest BCUT2D eigenvalue weighted by Crippen LogP contribution is 2.21. The van der Waals surface area contributed by atoms with Crippen molar-refractivity contribution in [1.82, 2.24) is 9.88 Å². The van der Waals surface area contributed by atoms with E-state index >= 15 is 0 Å². The second-order valence-corrected chi connectivity index (χ2v) is 4.94. The topological polar surface area (TPSA) is 50.3 Å². The van der Waals surface area contributed by atoms with Crippen molar-refractivity contribution < 1.29 is 9.59 Å². The predicted octanol–water partition coefficient (Wildman–Crippen LogP) is 2.81. The molecule has 0 unspecified atom stereocenters. The molecule has 4 nitrogen and oxygen atoms in total. The van der Waals surface area contributed by atoms with E-state index in [0.29, 0.717) is 6.29 Å². The average molecular weight is 269 g/mol. The van der Waals surface area contributed by atoms with Crippen LogP contribution < -0.4 is 0 Å². The van der Waals surface area contributed by atoms with E-state index in [4.69, 9.17) is 11.6 Å². The lowest BCUT2D eigenvalue weighted by Gasteiger charge is -2.31. The molecule has 1 rings (SSSR count). The fourth-order valence-electron chi connectivity index (χ4n) is 1.95. The molecule has 0 aliphatic carbocycles. The maximum Gasteiger partial charge on any atom is 0.258 e. The van der Waals surface area contributed by atoms with Gasteiger partial charge in [-0.1, -0.05) is 11.6 Å². The van der Waals surface area contributed by atoms with Gasteiger partial charge in [0.05, 0.1) is 5.56 Å². The Morgan fingerprint density at radius 2 is 1.89 bits per heavy atom. The molecule has 0 saturated carbocycles. The molecular weight excluding hydrogens is 252 g/mol. The van der Waals surface area contributed by atoms with Crippen LogP contribution in [0.15, 0.2) is 12.3 Å². The monoisotopic (exact) mass is 268 g/mol. The quantitative estimate of drug-likeness (QED) is 0.623. The van der Waals surface area contributed by atoms with Crippen LogP contribution in [0.3, 0.4) is 0 Å². The third-order valence-corrected chi connectivity index (χ3v) is 2.91. The van der Waals surface area contributed by atoms with Gasteiger partial charge >= 0.3 is 0 Å². The molecule has 0 bridgehead atoms. The van der Waals surface area contributed by atoms with Gasteiger partial charge in [-0.05, 0) is 33.8 Å². The summed E-state index contributed by atoms with van der Waals surface area (Å²) in [5.41, 5.74) is 0.447. The van der Waals surface area contributed by atoms with E-state index in [-0.39, 0.29) is 34.3 Å². The molecule has 1 aromatic rings. The van der Waals surface area contributed by atoms with Crippen molar-refractivity contribution in [3.63, 3.8) is 0 Å². The minimum atomic E-state index is -0.264. The zero-order valence-corrected chi connectivity index (χ0v) is 11.7. The summed E-state index contributed by atoms with van der Waals surface area (Å²) >= 11 is 5.94. The Bertz CT molecular complexity index is 450. The maximum atomic E-state index is 12.5. The van der Waals surface area contributed by atoms with E-state index in [9.17, 15) is 9.59 Å². The van der Waals surface area contributed by atoms with Gasteiger partial charge in [0.2, 0.25) is 0 Å². The lowest BCUT2D eigenvalue weighted by atomic mass is 10.1. The molecular formula is C13H17ClN2O2. The van der Waals surface area contributed by atoms with Gasteiger partial charge in [0.1, 0.15) is 5.15 Å². The van der Waals surface area contributed by atoms with Gasteiger partial charge in [-0.3, -0.25) is 9.59 Å². The van der Waals surface area contributed by atoms with E-state index < -0.39 is 0 Å². The molecule has 0 radical (unpaired) electrons. The smallest absolute Gasteiger partial charge is 0.258 e. The van der Waals surface area contributed by atoms with Crippen molar-refractivity contribution in [3.05, 3.63) is 28.5 Å². The van der Waals surface area contributed by atoms with E-state index in [1.54, 1.807) is 4.90 Å². The minimum absolute atomic E-state index is 0.0216. The van der Waals surface area contributed by atoms with Crippen molar-refractivity contribution in [1.29, 1.82) is 0 Å². The van der Waals surface area contributed by atoms with Gasteiger partial charge in [-0.2, -0.15) is 0 Å². The summed E-state index contributed by atoms with van der Waals surface area (Å²) in [7, 11) is 0. The molecule has 1 aromatic heterocycles. The molecule has 18 heavy (non-hydrogen) atoms. The van der Waals surface area contributed by atoms with Gasteiger partial charge in [-0.25, -0.2) is 4.98 Å². The van der Waals surface area contributed by atoms with Crippen molar-refractivity contribution >= 4 is 23.8 Å². The molecule has 0 fully saturated rings. The first-order valence-corrected chi connectivity index (χ1v) is 6.20. The Labute approximate surface area is 112 Å². The lowest BCUT2D eigenvalue weighted by Crippen LogP contribution is -2.42. The molecule has 0 saturated heterocycles. The largest absolute Gasteiger partial charge is 0.334 e. The van der Waals surface area contributed by atoms with Crippen LogP contribution in [0.4, 0.5) is 0 Å². The summed E-state index contributed by atoms with van der Waals surface area (Å²) in [6.07, 6.45) is 2.04. The summed E-state index contributed by atoms with van der Waals surface area (Å²) < 4.78 is 0. The maximum absolute atomic E-state index is 12.5. The van der Waals surface area contributed by atoms with Gasteiger partial charge in [0.25, 0.3) is 5.91 Å². The summed E-state index contributed by atoms with van der Waals surface area (Å²) in [6, 6.07) is 1.53. The third-order valence-electron chi connectivity index (χ3n) is 2.62. The molecule has 5 heteroatoms. The van der Waals surface area contributed by atoms with E-state index in [2.05, 4.69) is 4.98 Å². The molecule has 0 aliphatic heterocycles. The van der Waals surface area contributed by atoms with Gasteiger partial charge < -0.3 is 4.90 Å². The number of halogens is 1. The highest BCUT2D eigenvalue weighted by molar-refractivity contribution is 6.33. The van der Waals surface area contributed by atoms with Crippen LogP contribution in [0, 0.1) is 0 Å². The second kappa shape index (κ2) is 5.96. The molecule has 98 valence electrons. The first kappa shape index (κ1) is 14.6. The number of hydrogen-bond acceptors (Lipinski definition) is 3. The zero-order chi connectivity index (χ0) is 13.9. The highest BCUT2D eigenvalue weighted by Gasteiger charge is 2.26. The normalized spacial score (nSPS) is 10.8. The van der Waals surface area contributed by atoms with Crippen LogP contribution in [0.25, 0.3) is 0 Å². The van der Waals surface area contributed by atoms with E-state index in [0.717, 1.165) is 0 Å². The van der Waals surface area contributed by atoms with Crippen LogP contribution >= 0.6 is 11.6 Å². The molecule has 0 atom stereocenters. The Kier molecular flexibility index (Phi) is 4.84. The number of rotatable bonds is 4. The first-order chi connectivity index (χ1) is 8.40. The zero-order valence-electron chi connectivity index (χ0n) is 11.0.